The van der Waals surface area contributed by atoms with Crippen molar-refractivity contribution in [3.05, 3.63) is 11.6 Å². The normalized spacial score (nSPS) is 27.5. The molecule has 0 saturated carbocycles. The Balaban J connectivity index is 1.64. The van der Waals surface area contributed by atoms with E-state index in [-0.39, 0.29) is 0 Å². The van der Waals surface area contributed by atoms with Crippen LogP contribution in [0.4, 0.5) is 0 Å². The zero-order valence-corrected chi connectivity index (χ0v) is 11.2. The van der Waals surface area contributed by atoms with Crippen LogP contribution in [0.25, 0.3) is 0 Å². The van der Waals surface area contributed by atoms with Crippen LogP contribution in [0.15, 0.2) is 0 Å². The average Bonchev–Trinajstić information content (AvgIpc) is 2.87. The molecular formula is C13H23N5. The van der Waals surface area contributed by atoms with E-state index in [1.54, 1.807) is 0 Å². The number of aryl methyl sites for hydroxylation is 1. The minimum absolute atomic E-state index is 0.551. The Kier molecular flexibility index (Phi) is 3.61. The van der Waals surface area contributed by atoms with Gasteiger partial charge in [0.1, 0.15) is 11.6 Å². The standard InChI is InChI=1S/C13H23N5/c1-10-15-13(17-16-10)11-3-2-8-18(9-11)12-4-6-14-7-5-12/h11-12,14H,2-9H2,1H3,(H,15,16,17). The van der Waals surface area contributed by atoms with Gasteiger partial charge in [-0.25, -0.2) is 4.98 Å². The third-order valence-corrected chi connectivity index (χ3v) is 4.28. The number of likely N-dealkylation sites (tertiary alicyclic amines) is 1. The summed E-state index contributed by atoms with van der Waals surface area (Å²) in [5.74, 6) is 2.50. The first-order valence-corrected chi connectivity index (χ1v) is 7.16. The molecule has 18 heavy (non-hydrogen) atoms. The lowest BCUT2D eigenvalue weighted by Crippen LogP contribution is -2.47. The lowest BCUT2D eigenvalue weighted by Gasteiger charge is -2.39. The van der Waals surface area contributed by atoms with Gasteiger partial charge in [0.25, 0.3) is 0 Å². The number of aromatic amines is 1. The molecule has 0 bridgehead atoms. The van der Waals surface area contributed by atoms with Gasteiger partial charge in [0.15, 0.2) is 0 Å². The first kappa shape index (κ1) is 12.1. The fraction of sp³-hybridized carbons (Fsp3) is 0.846. The van der Waals surface area contributed by atoms with Crippen molar-refractivity contribution in [2.45, 2.75) is 44.6 Å². The number of aromatic nitrogens is 3. The van der Waals surface area contributed by atoms with Gasteiger partial charge in [0.05, 0.1) is 0 Å². The number of nitrogens with one attached hydrogen (secondary N) is 2. The van der Waals surface area contributed by atoms with Gasteiger partial charge in [0.2, 0.25) is 0 Å². The van der Waals surface area contributed by atoms with Gasteiger partial charge in [-0.3, -0.25) is 10.00 Å². The quantitative estimate of drug-likeness (QED) is 0.822. The molecule has 3 rings (SSSR count). The van der Waals surface area contributed by atoms with Crippen LogP contribution in [0.1, 0.15) is 43.3 Å². The van der Waals surface area contributed by atoms with Gasteiger partial charge >= 0.3 is 0 Å². The van der Waals surface area contributed by atoms with Crippen LogP contribution >= 0.6 is 0 Å². The number of rotatable bonds is 2. The first-order chi connectivity index (χ1) is 8.83. The average molecular weight is 249 g/mol. The zero-order valence-electron chi connectivity index (χ0n) is 11.2. The minimum Gasteiger partial charge on any atom is -0.317 e. The van der Waals surface area contributed by atoms with E-state index < -0.39 is 0 Å². The van der Waals surface area contributed by atoms with Crippen molar-refractivity contribution in [2.24, 2.45) is 0 Å². The van der Waals surface area contributed by atoms with Gasteiger partial charge in [-0.05, 0) is 52.2 Å². The van der Waals surface area contributed by atoms with E-state index in [0.29, 0.717) is 5.92 Å². The molecule has 5 heteroatoms. The predicted octanol–water partition coefficient (Wildman–Crippen LogP) is 1.04. The van der Waals surface area contributed by atoms with E-state index in [1.165, 1.54) is 45.3 Å². The highest BCUT2D eigenvalue weighted by atomic mass is 15.2. The monoisotopic (exact) mass is 249 g/mol. The summed E-state index contributed by atoms with van der Waals surface area (Å²) in [6.45, 7) is 6.71. The van der Waals surface area contributed by atoms with Crippen molar-refractivity contribution in [3.8, 4) is 0 Å². The summed E-state index contributed by atoms with van der Waals surface area (Å²) in [5.41, 5.74) is 0. The Hall–Kier alpha value is -0.940. The fourth-order valence-electron chi connectivity index (χ4n) is 3.28. The molecule has 5 nitrogen and oxygen atoms in total. The lowest BCUT2D eigenvalue weighted by atomic mass is 9.94. The fourth-order valence-corrected chi connectivity index (χ4v) is 3.28. The molecule has 0 amide bonds. The highest BCUT2D eigenvalue weighted by Gasteiger charge is 2.28. The molecular weight excluding hydrogens is 226 g/mol. The summed E-state index contributed by atoms with van der Waals surface area (Å²) < 4.78 is 0. The molecule has 2 fully saturated rings. The van der Waals surface area contributed by atoms with Gasteiger partial charge in [0, 0.05) is 18.5 Å². The van der Waals surface area contributed by atoms with Crippen molar-refractivity contribution < 1.29 is 0 Å². The smallest absolute Gasteiger partial charge is 0.147 e. The predicted molar refractivity (Wildman–Crippen MR) is 70.6 cm³/mol. The maximum atomic E-state index is 4.51. The second kappa shape index (κ2) is 5.36. The van der Waals surface area contributed by atoms with Crippen molar-refractivity contribution in [3.63, 3.8) is 0 Å². The summed E-state index contributed by atoms with van der Waals surface area (Å²) in [6, 6.07) is 0.776. The SMILES string of the molecule is Cc1n[nH]c(C2CCCN(C3CCNCC3)C2)n1. The molecule has 0 aliphatic carbocycles. The maximum Gasteiger partial charge on any atom is 0.147 e. The third kappa shape index (κ3) is 2.57. The van der Waals surface area contributed by atoms with Crippen molar-refractivity contribution in [2.75, 3.05) is 26.2 Å². The van der Waals surface area contributed by atoms with E-state index in [0.717, 1.165) is 24.2 Å². The molecule has 2 saturated heterocycles. The van der Waals surface area contributed by atoms with Gasteiger partial charge in [-0.1, -0.05) is 0 Å². The summed E-state index contributed by atoms with van der Waals surface area (Å²) in [5, 5.41) is 10.7. The van der Waals surface area contributed by atoms with Crippen molar-refractivity contribution >= 4 is 0 Å². The Bertz CT molecular complexity index is 382. The molecule has 2 N–H and O–H groups in total. The topological polar surface area (TPSA) is 56.8 Å². The highest BCUT2D eigenvalue weighted by molar-refractivity contribution is 5.00. The molecule has 0 aromatic carbocycles. The summed E-state index contributed by atoms with van der Waals surface area (Å²) >= 11 is 0. The molecule has 3 heterocycles. The number of nitrogens with zero attached hydrogens (tertiary/aromatic N) is 3. The lowest BCUT2D eigenvalue weighted by molar-refractivity contribution is 0.121. The molecule has 1 aromatic rings. The molecule has 1 aromatic heterocycles. The molecule has 1 atom stereocenters. The Labute approximate surface area is 108 Å². The summed E-state index contributed by atoms with van der Waals surface area (Å²) in [4.78, 5) is 7.18. The van der Waals surface area contributed by atoms with Crippen LogP contribution in [0.2, 0.25) is 0 Å². The van der Waals surface area contributed by atoms with Gasteiger partial charge < -0.3 is 5.32 Å². The van der Waals surface area contributed by atoms with Crippen LogP contribution in [0.5, 0.6) is 0 Å². The highest BCUT2D eigenvalue weighted by Crippen LogP contribution is 2.27. The molecule has 0 spiro atoms. The Morgan fingerprint density at radius 1 is 1.22 bits per heavy atom. The summed E-state index contributed by atoms with van der Waals surface area (Å²) in [7, 11) is 0. The van der Waals surface area contributed by atoms with Crippen LogP contribution in [0, 0.1) is 6.92 Å². The molecule has 1 unspecified atom stereocenters. The van der Waals surface area contributed by atoms with E-state index in [9.17, 15) is 0 Å². The molecule has 0 radical (unpaired) electrons. The van der Waals surface area contributed by atoms with Crippen molar-refractivity contribution in [1.29, 1.82) is 0 Å². The number of hydrogen-bond donors (Lipinski definition) is 2. The Morgan fingerprint density at radius 3 is 2.78 bits per heavy atom. The number of piperidine rings is 2. The van der Waals surface area contributed by atoms with E-state index in [4.69, 9.17) is 0 Å². The van der Waals surface area contributed by atoms with Crippen LogP contribution in [-0.4, -0.2) is 52.3 Å². The number of hydrogen-bond acceptors (Lipinski definition) is 4. The van der Waals surface area contributed by atoms with Gasteiger partial charge in [-0.2, -0.15) is 5.10 Å². The van der Waals surface area contributed by atoms with E-state index >= 15 is 0 Å². The zero-order chi connectivity index (χ0) is 12.4. The number of H-pyrrole nitrogens is 1. The van der Waals surface area contributed by atoms with Crippen molar-refractivity contribution in [1.82, 2.24) is 25.4 Å². The molecule has 100 valence electrons. The minimum atomic E-state index is 0.551. The third-order valence-electron chi connectivity index (χ3n) is 4.28. The van der Waals surface area contributed by atoms with E-state index in [1.807, 2.05) is 6.92 Å². The van der Waals surface area contributed by atoms with Crippen LogP contribution in [0.3, 0.4) is 0 Å². The second-order valence-corrected chi connectivity index (χ2v) is 5.58. The maximum absolute atomic E-state index is 4.51. The largest absolute Gasteiger partial charge is 0.317 e. The van der Waals surface area contributed by atoms with Gasteiger partial charge in [-0.15, -0.1) is 0 Å². The first-order valence-electron chi connectivity index (χ1n) is 7.16. The van der Waals surface area contributed by atoms with Crippen LogP contribution < -0.4 is 5.32 Å². The second-order valence-electron chi connectivity index (χ2n) is 5.58. The molecule has 2 aliphatic rings. The van der Waals surface area contributed by atoms with Crippen LogP contribution in [-0.2, 0) is 0 Å². The van der Waals surface area contributed by atoms with E-state index in [2.05, 4.69) is 25.4 Å². The molecule has 2 aliphatic heterocycles. The summed E-state index contributed by atoms with van der Waals surface area (Å²) in [6.07, 6.45) is 5.12. The Morgan fingerprint density at radius 2 is 2.06 bits per heavy atom.